The largest absolute Gasteiger partial charge is 0.486 e. The first-order chi connectivity index (χ1) is 7.17. The molecule has 1 unspecified atom stereocenters. The second kappa shape index (κ2) is 5.23. The number of hydrogen-bond acceptors (Lipinski definition) is 4. The Hall–Kier alpha value is -1.73. The molecular formula is C11H14N2O2. The van der Waals surface area contributed by atoms with Crippen LogP contribution in [0, 0.1) is 11.3 Å². The summed E-state index contributed by atoms with van der Waals surface area (Å²) in [4.78, 5) is 0. The zero-order valence-corrected chi connectivity index (χ0v) is 8.86. The van der Waals surface area contributed by atoms with E-state index in [4.69, 9.17) is 20.5 Å². The summed E-state index contributed by atoms with van der Waals surface area (Å²) in [5.41, 5.74) is 6.72. The maximum atomic E-state index is 8.65. The molecule has 0 aromatic heterocycles. The van der Waals surface area contributed by atoms with Crippen LogP contribution in [0.4, 0.5) is 5.69 Å². The van der Waals surface area contributed by atoms with Gasteiger partial charge in [-0.05, 0) is 25.1 Å². The first-order valence-electron chi connectivity index (χ1n) is 4.62. The van der Waals surface area contributed by atoms with E-state index in [9.17, 15) is 0 Å². The summed E-state index contributed by atoms with van der Waals surface area (Å²) in [6.07, 6.45) is -0.0646. The molecule has 0 fully saturated rings. The van der Waals surface area contributed by atoms with Crippen LogP contribution < -0.4 is 10.5 Å². The molecular weight excluding hydrogens is 192 g/mol. The van der Waals surface area contributed by atoms with Crippen molar-refractivity contribution in [3.63, 3.8) is 0 Å². The summed E-state index contributed by atoms with van der Waals surface area (Å²) < 4.78 is 10.5. The SMILES string of the molecule is COCC(C)Oc1ccc(C#N)cc1N. The van der Waals surface area contributed by atoms with E-state index in [0.717, 1.165) is 0 Å². The third-order valence-electron chi connectivity index (χ3n) is 1.87. The van der Waals surface area contributed by atoms with E-state index in [1.54, 1.807) is 25.3 Å². The summed E-state index contributed by atoms with van der Waals surface area (Å²) in [6.45, 7) is 2.39. The normalized spacial score (nSPS) is 11.8. The van der Waals surface area contributed by atoms with Crippen LogP contribution >= 0.6 is 0 Å². The van der Waals surface area contributed by atoms with Crippen molar-refractivity contribution >= 4 is 5.69 Å². The lowest BCUT2D eigenvalue weighted by molar-refractivity contribution is 0.0926. The number of nitrogens with zero attached hydrogens (tertiary/aromatic N) is 1. The molecule has 4 nitrogen and oxygen atoms in total. The maximum Gasteiger partial charge on any atom is 0.142 e. The van der Waals surface area contributed by atoms with E-state index in [2.05, 4.69) is 0 Å². The predicted octanol–water partition coefficient (Wildman–Crippen LogP) is 1.55. The Morgan fingerprint density at radius 3 is 2.80 bits per heavy atom. The van der Waals surface area contributed by atoms with Gasteiger partial charge in [-0.3, -0.25) is 0 Å². The predicted molar refractivity (Wildman–Crippen MR) is 57.5 cm³/mol. The van der Waals surface area contributed by atoms with E-state index in [-0.39, 0.29) is 6.10 Å². The molecule has 0 spiro atoms. The van der Waals surface area contributed by atoms with E-state index in [1.807, 2.05) is 13.0 Å². The minimum absolute atomic E-state index is 0.0646. The molecule has 0 bridgehead atoms. The Labute approximate surface area is 89.2 Å². The van der Waals surface area contributed by atoms with Gasteiger partial charge >= 0.3 is 0 Å². The van der Waals surface area contributed by atoms with Crippen molar-refractivity contribution in [2.45, 2.75) is 13.0 Å². The zero-order chi connectivity index (χ0) is 11.3. The number of nitriles is 1. The molecule has 0 aliphatic rings. The summed E-state index contributed by atoms with van der Waals surface area (Å²) >= 11 is 0. The number of benzene rings is 1. The van der Waals surface area contributed by atoms with Gasteiger partial charge in [-0.2, -0.15) is 5.26 Å². The van der Waals surface area contributed by atoms with Gasteiger partial charge in [-0.25, -0.2) is 0 Å². The quantitative estimate of drug-likeness (QED) is 0.759. The Kier molecular flexibility index (Phi) is 3.95. The van der Waals surface area contributed by atoms with Crippen molar-refractivity contribution in [2.75, 3.05) is 19.5 Å². The number of rotatable bonds is 4. The first kappa shape index (κ1) is 11.3. The van der Waals surface area contributed by atoms with Gasteiger partial charge in [0.1, 0.15) is 11.9 Å². The molecule has 80 valence electrons. The lowest BCUT2D eigenvalue weighted by Crippen LogP contribution is -2.18. The highest BCUT2D eigenvalue weighted by Gasteiger charge is 2.06. The third kappa shape index (κ3) is 3.15. The Morgan fingerprint density at radius 2 is 2.27 bits per heavy atom. The van der Waals surface area contributed by atoms with Gasteiger partial charge in [-0.1, -0.05) is 0 Å². The number of methoxy groups -OCH3 is 1. The minimum Gasteiger partial charge on any atom is -0.486 e. The molecule has 1 atom stereocenters. The standard InChI is InChI=1S/C11H14N2O2/c1-8(7-14-2)15-11-4-3-9(6-12)5-10(11)13/h3-5,8H,7,13H2,1-2H3. The fraction of sp³-hybridized carbons (Fsp3) is 0.364. The van der Waals surface area contributed by atoms with E-state index in [1.165, 1.54) is 0 Å². The molecule has 2 N–H and O–H groups in total. The summed E-state index contributed by atoms with van der Waals surface area (Å²) in [5, 5.41) is 8.65. The Balaban J connectivity index is 2.74. The lowest BCUT2D eigenvalue weighted by atomic mass is 10.2. The minimum atomic E-state index is -0.0646. The average molecular weight is 206 g/mol. The average Bonchev–Trinajstić information content (AvgIpc) is 2.21. The van der Waals surface area contributed by atoms with Gasteiger partial charge in [0.25, 0.3) is 0 Å². The lowest BCUT2D eigenvalue weighted by Gasteiger charge is -2.15. The number of ether oxygens (including phenoxy) is 2. The fourth-order valence-corrected chi connectivity index (χ4v) is 1.21. The fourth-order valence-electron chi connectivity index (χ4n) is 1.21. The van der Waals surface area contributed by atoms with Crippen LogP contribution in [0.3, 0.4) is 0 Å². The number of nitrogens with two attached hydrogens (primary N) is 1. The van der Waals surface area contributed by atoms with Crippen LogP contribution in [-0.2, 0) is 4.74 Å². The van der Waals surface area contributed by atoms with E-state index < -0.39 is 0 Å². The number of hydrogen-bond donors (Lipinski definition) is 1. The van der Waals surface area contributed by atoms with Gasteiger partial charge in [0, 0.05) is 7.11 Å². The molecule has 0 aliphatic heterocycles. The van der Waals surface area contributed by atoms with E-state index in [0.29, 0.717) is 23.6 Å². The second-order valence-corrected chi connectivity index (χ2v) is 3.25. The van der Waals surface area contributed by atoms with Crippen molar-refractivity contribution < 1.29 is 9.47 Å². The molecule has 0 radical (unpaired) electrons. The zero-order valence-electron chi connectivity index (χ0n) is 8.86. The second-order valence-electron chi connectivity index (χ2n) is 3.25. The molecule has 4 heteroatoms. The monoisotopic (exact) mass is 206 g/mol. The number of nitrogen functional groups attached to an aromatic ring is 1. The first-order valence-corrected chi connectivity index (χ1v) is 4.62. The summed E-state index contributed by atoms with van der Waals surface area (Å²) in [7, 11) is 1.61. The summed E-state index contributed by atoms with van der Waals surface area (Å²) in [6, 6.07) is 6.97. The van der Waals surface area contributed by atoms with Gasteiger partial charge < -0.3 is 15.2 Å². The highest BCUT2D eigenvalue weighted by atomic mass is 16.5. The van der Waals surface area contributed by atoms with E-state index >= 15 is 0 Å². The molecule has 0 saturated carbocycles. The molecule has 1 rings (SSSR count). The smallest absolute Gasteiger partial charge is 0.142 e. The molecule has 1 aromatic carbocycles. The van der Waals surface area contributed by atoms with Crippen molar-refractivity contribution in [1.29, 1.82) is 5.26 Å². The van der Waals surface area contributed by atoms with Gasteiger partial charge in [0.2, 0.25) is 0 Å². The van der Waals surface area contributed by atoms with Gasteiger partial charge in [0.05, 0.1) is 23.9 Å². The van der Waals surface area contributed by atoms with Crippen molar-refractivity contribution in [1.82, 2.24) is 0 Å². The highest BCUT2D eigenvalue weighted by molar-refractivity contribution is 5.56. The molecule has 0 saturated heterocycles. The highest BCUT2D eigenvalue weighted by Crippen LogP contribution is 2.23. The van der Waals surface area contributed by atoms with Crippen LogP contribution in [0.2, 0.25) is 0 Å². The van der Waals surface area contributed by atoms with Crippen LogP contribution in [0.25, 0.3) is 0 Å². The van der Waals surface area contributed by atoms with Crippen LogP contribution in [0.15, 0.2) is 18.2 Å². The maximum absolute atomic E-state index is 8.65. The van der Waals surface area contributed by atoms with Crippen molar-refractivity contribution in [2.24, 2.45) is 0 Å². The van der Waals surface area contributed by atoms with Crippen molar-refractivity contribution in [3.8, 4) is 11.8 Å². The molecule has 15 heavy (non-hydrogen) atoms. The molecule has 0 aliphatic carbocycles. The van der Waals surface area contributed by atoms with Crippen molar-refractivity contribution in [3.05, 3.63) is 23.8 Å². The molecule has 0 amide bonds. The molecule has 0 heterocycles. The van der Waals surface area contributed by atoms with Crippen LogP contribution in [-0.4, -0.2) is 19.8 Å². The van der Waals surface area contributed by atoms with Crippen LogP contribution in [0.5, 0.6) is 5.75 Å². The Bertz CT molecular complexity index is 371. The van der Waals surface area contributed by atoms with Gasteiger partial charge in [-0.15, -0.1) is 0 Å². The Morgan fingerprint density at radius 1 is 1.53 bits per heavy atom. The number of anilines is 1. The van der Waals surface area contributed by atoms with Crippen LogP contribution in [0.1, 0.15) is 12.5 Å². The summed E-state index contributed by atoms with van der Waals surface area (Å²) in [5.74, 6) is 0.582. The van der Waals surface area contributed by atoms with Gasteiger partial charge in [0.15, 0.2) is 0 Å². The third-order valence-corrected chi connectivity index (χ3v) is 1.87. The topological polar surface area (TPSA) is 68.3 Å². The molecule has 1 aromatic rings.